The van der Waals surface area contributed by atoms with Crippen molar-refractivity contribution in [2.45, 2.75) is 6.92 Å². The van der Waals surface area contributed by atoms with E-state index in [9.17, 15) is 14.3 Å². The van der Waals surface area contributed by atoms with Crippen molar-refractivity contribution >= 4 is 23.3 Å². The van der Waals surface area contributed by atoms with Crippen LogP contribution in [0.5, 0.6) is 5.75 Å². The van der Waals surface area contributed by atoms with Crippen LogP contribution in [-0.2, 0) is 0 Å². The first-order valence-corrected chi connectivity index (χ1v) is 7.30. The number of carbonyl (C=O) groups excluding carboxylic acids is 1. The van der Waals surface area contributed by atoms with Gasteiger partial charge >= 0.3 is 0 Å². The minimum absolute atomic E-state index is 0.239. The number of hydrogen-bond acceptors (Lipinski definition) is 4. The average Bonchev–Trinajstić information content (AvgIpc) is 2.92. The largest absolute Gasteiger partial charge is 0.506 e. The second-order valence-electron chi connectivity index (χ2n) is 5.05. The Morgan fingerprint density at radius 1 is 1.33 bits per heavy atom. The number of nitrogens with zero attached hydrogens (tertiary/aromatic N) is 2. The van der Waals surface area contributed by atoms with E-state index >= 15 is 0 Å². The summed E-state index contributed by atoms with van der Waals surface area (Å²) in [7, 11) is 0. The number of phenols is 1. The van der Waals surface area contributed by atoms with Gasteiger partial charge in [-0.1, -0.05) is 11.6 Å². The molecule has 3 rings (SSSR count). The Morgan fingerprint density at radius 3 is 2.75 bits per heavy atom. The maximum atomic E-state index is 13.4. The minimum atomic E-state index is -0.723. The summed E-state index contributed by atoms with van der Waals surface area (Å²) in [5.74, 6) is -1.66. The van der Waals surface area contributed by atoms with Crippen LogP contribution in [0.1, 0.15) is 15.9 Å². The number of nitrogens with one attached hydrogen (secondary N) is 2. The van der Waals surface area contributed by atoms with Crippen LogP contribution >= 0.6 is 11.6 Å². The number of phenolic OH excluding ortho intramolecular Hbond substituents is 1. The Balaban J connectivity index is 1.90. The maximum Gasteiger partial charge on any atom is 0.260 e. The highest BCUT2D eigenvalue weighted by atomic mass is 35.5. The van der Waals surface area contributed by atoms with Gasteiger partial charge in [0.2, 0.25) is 0 Å². The van der Waals surface area contributed by atoms with E-state index in [1.165, 1.54) is 0 Å². The molecule has 8 heteroatoms. The van der Waals surface area contributed by atoms with E-state index in [2.05, 4.69) is 20.5 Å². The highest BCUT2D eigenvalue weighted by Gasteiger charge is 2.19. The van der Waals surface area contributed by atoms with Crippen LogP contribution in [0.4, 0.5) is 10.2 Å². The predicted octanol–water partition coefficient (Wildman–Crippen LogP) is 3.53. The molecule has 2 heterocycles. The molecule has 6 nitrogen and oxygen atoms in total. The van der Waals surface area contributed by atoms with E-state index in [4.69, 9.17) is 11.6 Å². The van der Waals surface area contributed by atoms with Crippen LogP contribution in [0, 0.1) is 12.7 Å². The van der Waals surface area contributed by atoms with Gasteiger partial charge in [0.25, 0.3) is 5.91 Å². The van der Waals surface area contributed by atoms with Crippen LogP contribution in [-0.4, -0.2) is 26.2 Å². The Kier molecular flexibility index (Phi) is 4.18. The first-order valence-electron chi connectivity index (χ1n) is 6.92. The smallest absolute Gasteiger partial charge is 0.260 e. The molecule has 0 saturated carbocycles. The maximum absolute atomic E-state index is 13.4. The molecule has 0 spiro atoms. The van der Waals surface area contributed by atoms with Gasteiger partial charge in [-0.3, -0.25) is 14.9 Å². The number of rotatable bonds is 3. The molecule has 0 fully saturated rings. The third-order valence-electron chi connectivity index (χ3n) is 3.48. The van der Waals surface area contributed by atoms with Gasteiger partial charge in [0.1, 0.15) is 11.6 Å². The summed E-state index contributed by atoms with van der Waals surface area (Å²) in [6.45, 7) is 1.77. The fourth-order valence-electron chi connectivity index (χ4n) is 2.23. The lowest BCUT2D eigenvalue weighted by Gasteiger charge is -2.07. The topological polar surface area (TPSA) is 90.9 Å². The molecule has 0 aliphatic rings. The first-order chi connectivity index (χ1) is 11.5. The van der Waals surface area contributed by atoms with Gasteiger partial charge in [-0.2, -0.15) is 5.10 Å². The molecule has 0 aliphatic heterocycles. The van der Waals surface area contributed by atoms with Crippen molar-refractivity contribution in [1.29, 1.82) is 0 Å². The number of aromatic hydroxyl groups is 1. The zero-order chi connectivity index (χ0) is 17.3. The zero-order valence-electron chi connectivity index (χ0n) is 12.5. The van der Waals surface area contributed by atoms with Crippen molar-refractivity contribution in [3.8, 4) is 17.0 Å². The number of halogens is 2. The minimum Gasteiger partial charge on any atom is -0.506 e. The lowest BCUT2D eigenvalue weighted by Crippen LogP contribution is -2.13. The van der Waals surface area contributed by atoms with Crippen LogP contribution in [0.15, 0.2) is 36.7 Å². The molecule has 0 atom stereocenters. The van der Waals surface area contributed by atoms with Crippen molar-refractivity contribution in [3.05, 3.63) is 58.6 Å². The SMILES string of the molecule is Cc1c(NC(=O)c2cc(F)cc(Cl)c2O)n[nH]c1-c1ccncc1. The molecule has 0 aliphatic carbocycles. The molecule has 1 amide bonds. The Labute approximate surface area is 141 Å². The van der Waals surface area contributed by atoms with Gasteiger partial charge in [-0.15, -0.1) is 0 Å². The zero-order valence-corrected chi connectivity index (χ0v) is 13.2. The number of carbonyl (C=O) groups is 1. The Bertz CT molecular complexity index is 912. The van der Waals surface area contributed by atoms with Gasteiger partial charge < -0.3 is 10.4 Å². The molecule has 122 valence electrons. The van der Waals surface area contributed by atoms with E-state index < -0.39 is 17.5 Å². The van der Waals surface area contributed by atoms with Gasteiger partial charge in [0.05, 0.1) is 16.3 Å². The van der Waals surface area contributed by atoms with Gasteiger partial charge in [0, 0.05) is 23.5 Å². The van der Waals surface area contributed by atoms with E-state index in [1.54, 1.807) is 31.5 Å². The summed E-state index contributed by atoms with van der Waals surface area (Å²) >= 11 is 5.68. The molecular weight excluding hydrogens is 335 g/mol. The summed E-state index contributed by atoms with van der Waals surface area (Å²) in [4.78, 5) is 16.2. The van der Waals surface area contributed by atoms with Crippen molar-refractivity contribution in [2.75, 3.05) is 5.32 Å². The lowest BCUT2D eigenvalue weighted by molar-refractivity contribution is 0.102. The van der Waals surface area contributed by atoms with Gasteiger partial charge in [-0.25, -0.2) is 4.39 Å². The fraction of sp³-hybridized carbons (Fsp3) is 0.0625. The number of pyridine rings is 1. The summed E-state index contributed by atoms with van der Waals surface area (Å²) in [5, 5.41) is 19.0. The molecule has 0 saturated heterocycles. The summed E-state index contributed by atoms with van der Waals surface area (Å²) in [6.07, 6.45) is 3.28. The van der Waals surface area contributed by atoms with E-state index in [-0.39, 0.29) is 16.4 Å². The third kappa shape index (κ3) is 2.93. The number of benzene rings is 1. The van der Waals surface area contributed by atoms with E-state index in [1.807, 2.05) is 0 Å². The second kappa shape index (κ2) is 6.29. The Hall–Kier alpha value is -2.93. The molecule has 0 unspecified atom stereocenters. The number of hydrogen-bond donors (Lipinski definition) is 3. The Morgan fingerprint density at radius 2 is 2.04 bits per heavy atom. The summed E-state index contributed by atoms with van der Waals surface area (Å²) in [5.41, 5.74) is 1.99. The second-order valence-corrected chi connectivity index (χ2v) is 5.45. The monoisotopic (exact) mass is 346 g/mol. The number of H-pyrrole nitrogens is 1. The number of anilines is 1. The fourth-order valence-corrected chi connectivity index (χ4v) is 2.44. The molecule has 0 bridgehead atoms. The van der Waals surface area contributed by atoms with Crippen LogP contribution in [0.25, 0.3) is 11.3 Å². The van der Waals surface area contributed by atoms with E-state index in [0.29, 0.717) is 11.3 Å². The lowest BCUT2D eigenvalue weighted by atomic mass is 10.1. The molecule has 3 N–H and O–H groups in total. The molecule has 1 aromatic carbocycles. The number of aromatic nitrogens is 3. The van der Waals surface area contributed by atoms with Crippen molar-refractivity contribution < 1.29 is 14.3 Å². The number of aromatic amines is 1. The molecule has 0 radical (unpaired) electrons. The van der Waals surface area contributed by atoms with Crippen LogP contribution < -0.4 is 5.32 Å². The van der Waals surface area contributed by atoms with Gasteiger partial charge in [0.15, 0.2) is 5.82 Å². The van der Waals surface area contributed by atoms with Crippen LogP contribution in [0.2, 0.25) is 5.02 Å². The van der Waals surface area contributed by atoms with Crippen molar-refractivity contribution in [2.24, 2.45) is 0 Å². The van der Waals surface area contributed by atoms with Crippen LogP contribution in [0.3, 0.4) is 0 Å². The highest BCUT2D eigenvalue weighted by Crippen LogP contribution is 2.30. The molecule has 24 heavy (non-hydrogen) atoms. The normalized spacial score (nSPS) is 10.6. The summed E-state index contributed by atoms with van der Waals surface area (Å²) in [6, 6.07) is 5.42. The first kappa shape index (κ1) is 15.9. The predicted molar refractivity (Wildman–Crippen MR) is 87.6 cm³/mol. The van der Waals surface area contributed by atoms with Crippen molar-refractivity contribution in [1.82, 2.24) is 15.2 Å². The third-order valence-corrected chi connectivity index (χ3v) is 3.77. The standard InChI is InChI=1S/C16H12ClFN4O2/c1-8-13(9-2-4-19-5-3-9)21-22-15(8)20-16(24)11-6-10(18)7-12(17)14(11)23/h2-7,23H,1H3,(H2,20,21,22,24). The molecule has 3 aromatic rings. The highest BCUT2D eigenvalue weighted by molar-refractivity contribution is 6.32. The van der Waals surface area contributed by atoms with E-state index in [0.717, 1.165) is 17.7 Å². The molecule has 2 aromatic heterocycles. The van der Waals surface area contributed by atoms with Gasteiger partial charge in [-0.05, 0) is 31.2 Å². The van der Waals surface area contributed by atoms with Crippen molar-refractivity contribution in [3.63, 3.8) is 0 Å². The average molecular weight is 347 g/mol. The quantitative estimate of drug-likeness (QED) is 0.676. The molecular formula is C16H12ClFN4O2. The number of amides is 1. The summed E-state index contributed by atoms with van der Waals surface area (Å²) < 4.78 is 13.4.